The Bertz CT molecular complexity index is 1100. The highest BCUT2D eigenvalue weighted by atomic mass is 32.2. The van der Waals surface area contributed by atoms with E-state index in [4.69, 9.17) is 12.2 Å². The van der Waals surface area contributed by atoms with Crippen LogP contribution in [0.15, 0.2) is 77.7 Å². The lowest BCUT2D eigenvalue weighted by Gasteiger charge is -2.16. The Labute approximate surface area is 168 Å². The Morgan fingerprint density at radius 3 is 2.25 bits per heavy atom. The summed E-state index contributed by atoms with van der Waals surface area (Å²) >= 11 is 5.33. The molecule has 3 aromatic carbocycles. The van der Waals surface area contributed by atoms with E-state index in [1.807, 2.05) is 31.2 Å². The maximum atomic E-state index is 13.1. The molecule has 0 heterocycles. The highest BCUT2D eigenvalue weighted by molar-refractivity contribution is 7.92. The largest absolute Gasteiger partial charge is 0.332 e. The molecule has 0 radical (unpaired) electrons. The Morgan fingerprint density at radius 1 is 0.893 bits per heavy atom. The van der Waals surface area contributed by atoms with Gasteiger partial charge in [0.2, 0.25) is 0 Å². The summed E-state index contributed by atoms with van der Waals surface area (Å²) in [7, 11) is -3.87. The lowest BCUT2D eigenvalue weighted by atomic mass is 10.2. The second kappa shape index (κ2) is 8.37. The third-order valence-corrected chi connectivity index (χ3v) is 5.41. The molecule has 0 aliphatic heterocycles. The number of anilines is 3. The lowest BCUT2D eigenvalue weighted by Crippen LogP contribution is -2.21. The summed E-state index contributed by atoms with van der Waals surface area (Å²) in [6.45, 7) is 1.97. The molecule has 0 spiro atoms. The van der Waals surface area contributed by atoms with Gasteiger partial charge < -0.3 is 10.6 Å². The van der Waals surface area contributed by atoms with Crippen molar-refractivity contribution in [3.05, 3.63) is 84.2 Å². The first kappa shape index (κ1) is 19.8. The van der Waals surface area contributed by atoms with E-state index in [1.165, 1.54) is 12.1 Å². The Kier molecular flexibility index (Phi) is 5.91. The van der Waals surface area contributed by atoms with E-state index < -0.39 is 15.8 Å². The van der Waals surface area contributed by atoms with Gasteiger partial charge in [-0.05, 0) is 73.2 Å². The van der Waals surface area contributed by atoms with E-state index in [9.17, 15) is 12.8 Å². The molecule has 8 heteroatoms. The van der Waals surface area contributed by atoms with Gasteiger partial charge in [-0.1, -0.05) is 24.3 Å². The average Bonchev–Trinajstić information content (AvgIpc) is 2.63. The zero-order valence-electron chi connectivity index (χ0n) is 14.9. The van der Waals surface area contributed by atoms with Crippen LogP contribution in [0.1, 0.15) is 5.56 Å². The van der Waals surface area contributed by atoms with Gasteiger partial charge in [-0.15, -0.1) is 0 Å². The molecule has 144 valence electrons. The highest BCUT2D eigenvalue weighted by Gasteiger charge is 2.16. The van der Waals surface area contributed by atoms with Crippen molar-refractivity contribution in [2.75, 3.05) is 15.4 Å². The maximum absolute atomic E-state index is 13.1. The average molecular weight is 416 g/mol. The summed E-state index contributed by atoms with van der Waals surface area (Å²) in [6, 6.07) is 19.1. The normalized spacial score (nSPS) is 10.9. The molecule has 3 aromatic rings. The number of para-hydroxylation sites is 2. The standard InChI is InChI=1S/C20H18FN3O2S2/c1-14-5-4-6-16(13-14)22-20(27)23-18-7-2-3-8-19(18)24-28(25,26)17-11-9-15(21)10-12-17/h2-13,24H,1H3,(H2,22,23,27). The van der Waals surface area contributed by atoms with Gasteiger partial charge in [0.1, 0.15) is 5.82 Å². The molecule has 0 unspecified atom stereocenters. The molecule has 0 atom stereocenters. The van der Waals surface area contributed by atoms with E-state index in [1.54, 1.807) is 24.3 Å². The Hall–Kier alpha value is -2.97. The molecule has 5 nitrogen and oxygen atoms in total. The molecular weight excluding hydrogens is 397 g/mol. The Morgan fingerprint density at radius 2 is 1.57 bits per heavy atom. The first-order chi connectivity index (χ1) is 13.3. The summed E-state index contributed by atoms with van der Waals surface area (Å²) in [4.78, 5) is -0.0378. The van der Waals surface area contributed by atoms with Crippen molar-refractivity contribution >= 4 is 44.4 Å². The van der Waals surface area contributed by atoms with Crippen LogP contribution in [-0.4, -0.2) is 13.5 Å². The molecule has 0 aliphatic carbocycles. The minimum Gasteiger partial charge on any atom is -0.332 e. The van der Waals surface area contributed by atoms with Gasteiger partial charge >= 0.3 is 0 Å². The molecule has 0 saturated carbocycles. The third kappa shape index (κ3) is 5.05. The van der Waals surface area contributed by atoms with Crippen molar-refractivity contribution in [2.24, 2.45) is 0 Å². The maximum Gasteiger partial charge on any atom is 0.261 e. The van der Waals surface area contributed by atoms with Gasteiger partial charge in [-0.25, -0.2) is 12.8 Å². The minimum atomic E-state index is -3.87. The van der Waals surface area contributed by atoms with Crippen LogP contribution in [-0.2, 0) is 10.0 Å². The number of thiocarbonyl (C=S) groups is 1. The van der Waals surface area contributed by atoms with Gasteiger partial charge in [0.25, 0.3) is 10.0 Å². The molecule has 0 aliphatic rings. The fourth-order valence-electron chi connectivity index (χ4n) is 2.51. The predicted octanol–water partition coefficient (Wildman–Crippen LogP) is 4.74. The van der Waals surface area contributed by atoms with Crippen LogP contribution in [0.2, 0.25) is 0 Å². The van der Waals surface area contributed by atoms with E-state index in [0.717, 1.165) is 23.4 Å². The molecule has 0 amide bonds. The minimum absolute atomic E-state index is 0.0378. The molecular formula is C20H18FN3O2S2. The number of sulfonamides is 1. The SMILES string of the molecule is Cc1cccc(NC(=S)Nc2ccccc2NS(=O)(=O)c2ccc(F)cc2)c1. The van der Waals surface area contributed by atoms with Crippen LogP contribution in [0, 0.1) is 12.7 Å². The first-order valence-electron chi connectivity index (χ1n) is 8.35. The van der Waals surface area contributed by atoms with Crippen molar-refractivity contribution < 1.29 is 12.8 Å². The van der Waals surface area contributed by atoms with Crippen molar-refractivity contribution in [3.63, 3.8) is 0 Å². The van der Waals surface area contributed by atoms with Crippen molar-refractivity contribution in [3.8, 4) is 0 Å². The topological polar surface area (TPSA) is 70.2 Å². The summed E-state index contributed by atoms with van der Waals surface area (Å²) in [6.07, 6.45) is 0. The number of benzene rings is 3. The second-order valence-electron chi connectivity index (χ2n) is 6.05. The summed E-state index contributed by atoms with van der Waals surface area (Å²) in [5.74, 6) is -0.506. The zero-order valence-corrected chi connectivity index (χ0v) is 16.6. The highest BCUT2D eigenvalue weighted by Crippen LogP contribution is 2.25. The number of halogens is 1. The molecule has 3 N–H and O–H groups in total. The van der Waals surface area contributed by atoms with E-state index in [0.29, 0.717) is 16.5 Å². The number of nitrogens with one attached hydrogen (secondary N) is 3. The smallest absolute Gasteiger partial charge is 0.261 e. The molecule has 28 heavy (non-hydrogen) atoms. The van der Waals surface area contributed by atoms with Crippen LogP contribution in [0.3, 0.4) is 0 Å². The van der Waals surface area contributed by atoms with E-state index in [2.05, 4.69) is 15.4 Å². The molecule has 0 fully saturated rings. The van der Waals surface area contributed by atoms with Gasteiger partial charge in [0.05, 0.1) is 16.3 Å². The van der Waals surface area contributed by atoms with Crippen LogP contribution in [0.25, 0.3) is 0 Å². The fraction of sp³-hybridized carbons (Fsp3) is 0.0500. The van der Waals surface area contributed by atoms with E-state index in [-0.39, 0.29) is 4.90 Å². The Balaban J connectivity index is 1.77. The quantitative estimate of drug-likeness (QED) is 0.525. The summed E-state index contributed by atoms with van der Waals surface area (Å²) in [5.41, 5.74) is 2.71. The van der Waals surface area contributed by atoms with Gasteiger partial charge in [0, 0.05) is 5.69 Å². The van der Waals surface area contributed by atoms with Crippen LogP contribution in [0.5, 0.6) is 0 Å². The first-order valence-corrected chi connectivity index (χ1v) is 10.2. The summed E-state index contributed by atoms with van der Waals surface area (Å²) < 4.78 is 40.7. The number of hydrogen-bond donors (Lipinski definition) is 3. The van der Waals surface area contributed by atoms with E-state index >= 15 is 0 Å². The van der Waals surface area contributed by atoms with Gasteiger partial charge in [-0.3, -0.25) is 4.72 Å². The molecule has 3 rings (SSSR count). The number of hydrogen-bond acceptors (Lipinski definition) is 3. The van der Waals surface area contributed by atoms with Crippen molar-refractivity contribution in [1.29, 1.82) is 0 Å². The fourth-order valence-corrected chi connectivity index (χ4v) is 3.81. The molecule has 0 saturated heterocycles. The zero-order chi connectivity index (χ0) is 20.1. The lowest BCUT2D eigenvalue weighted by molar-refractivity contribution is 0.599. The molecule has 0 bridgehead atoms. The number of aryl methyl sites for hydroxylation is 1. The number of rotatable bonds is 5. The van der Waals surface area contributed by atoms with Gasteiger partial charge in [-0.2, -0.15) is 0 Å². The van der Waals surface area contributed by atoms with Crippen molar-refractivity contribution in [2.45, 2.75) is 11.8 Å². The molecule has 0 aromatic heterocycles. The predicted molar refractivity (Wildman–Crippen MR) is 115 cm³/mol. The van der Waals surface area contributed by atoms with Crippen LogP contribution >= 0.6 is 12.2 Å². The van der Waals surface area contributed by atoms with Crippen molar-refractivity contribution in [1.82, 2.24) is 0 Å². The van der Waals surface area contributed by atoms with Crippen LogP contribution < -0.4 is 15.4 Å². The van der Waals surface area contributed by atoms with Gasteiger partial charge in [0.15, 0.2) is 5.11 Å². The second-order valence-corrected chi connectivity index (χ2v) is 8.14. The third-order valence-electron chi connectivity index (χ3n) is 3.82. The van der Waals surface area contributed by atoms with Crippen LogP contribution in [0.4, 0.5) is 21.5 Å². The monoisotopic (exact) mass is 415 g/mol. The summed E-state index contributed by atoms with van der Waals surface area (Å²) in [5, 5.41) is 6.37.